The molecule has 0 bridgehead atoms. The minimum absolute atomic E-state index is 0.102. The highest BCUT2D eigenvalue weighted by Crippen LogP contribution is 2.19. The van der Waals surface area contributed by atoms with E-state index in [4.69, 9.17) is 9.47 Å². The highest BCUT2D eigenvalue weighted by Gasteiger charge is 2.17. The molecule has 2 N–H and O–H groups in total. The minimum Gasteiger partial charge on any atom is -0.496 e. The normalized spacial score (nSPS) is 16.3. The molecule has 26 heavy (non-hydrogen) atoms. The van der Waals surface area contributed by atoms with Gasteiger partial charge in [-0.3, -0.25) is 4.79 Å². The fourth-order valence-electron chi connectivity index (χ4n) is 2.91. The summed E-state index contributed by atoms with van der Waals surface area (Å²) < 4.78 is 10.9. The second-order valence-electron chi connectivity index (χ2n) is 6.20. The fourth-order valence-corrected chi connectivity index (χ4v) is 2.91. The van der Waals surface area contributed by atoms with E-state index in [0.29, 0.717) is 30.4 Å². The molecule has 0 aliphatic carbocycles. The van der Waals surface area contributed by atoms with Gasteiger partial charge in [-0.15, -0.1) is 0 Å². The summed E-state index contributed by atoms with van der Waals surface area (Å²) in [5.74, 6) is 1.73. The molecule has 0 saturated carbocycles. The van der Waals surface area contributed by atoms with Crippen LogP contribution in [0, 0.1) is 6.92 Å². The van der Waals surface area contributed by atoms with Gasteiger partial charge in [-0.25, -0.2) is 9.97 Å². The Balaban J connectivity index is 1.64. The van der Waals surface area contributed by atoms with Crippen LogP contribution in [-0.4, -0.2) is 42.2 Å². The molecule has 1 unspecified atom stereocenters. The number of nitrogens with zero attached hydrogens (tertiary/aromatic N) is 2. The summed E-state index contributed by atoms with van der Waals surface area (Å²) in [6, 6.07) is 9.43. The third-order valence-corrected chi connectivity index (χ3v) is 4.24. The molecule has 7 nitrogen and oxygen atoms in total. The lowest BCUT2D eigenvalue weighted by atomic mass is 10.2. The summed E-state index contributed by atoms with van der Waals surface area (Å²) in [6.45, 7) is 3.58. The number of hydrogen-bond donors (Lipinski definition) is 2. The molecule has 2 heterocycles. The quantitative estimate of drug-likeness (QED) is 0.792. The number of aromatic nitrogens is 2. The molecule has 2 aromatic rings. The lowest BCUT2D eigenvalue weighted by Crippen LogP contribution is -2.32. The fraction of sp³-hybridized carbons (Fsp3) is 0.421. The number of rotatable bonds is 7. The predicted octanol–water partition coefficient (Wildman–Crippen LogP) is 2.31. The van der Waals surface area contributed by atoms with Crippen molar-refractivity contribution in [1.82, 2.24) is 15.3 Å². The smallest absolute Gasteiger partial charge is 0.270 e. The highest BCUT2D eigenvalue weighted by molar-refractivity contribution is 5.92. The van der Waals surface area contributed by atoms with E-state index in [1.165, 1.54) is 0 Å². The molecule has 0 radical (unpaired) electrons. The van der Waals surface area contributed by atoms with Gasteiger partial charge in [-0.2, -0.15) is 0 Å². The lowest BCUT2D eigenvalue weighted by molar-refractivity contribution is 0.0853. The molecule has 1 atom stereocenters. The summed E-state index contributed by atoms with van der Waals surface area (Å²) in [4.78, 5) is 21.0. The van der Waals surface area contributed by atoms with Crippen LogP contribution in [0.3, 0.4) is 0 Å². The maximum Gasteiger partial charge on any atom is 0.270 e. The van der Waals surface area contributed by atoms with Crippen molar-refractivity contribution >= 4 is 11.7 Å². The van der Waals surface area contributed by atoms with Crippen molar-refractivity contribution in [3.63, 3.8) is 0 Å². The Hall–Kier alpha value is -2.67. The number of methoxy groups -OCH3 is 1. The van der Waals surface area contributed by atoms with Crippen LogP contribution in [0.15, 0.2) is 30.3 Å². The first kappa shape index (κ1) is 18.1. The van der Waals surface area contributed by atoms with Gasteiger partial charge in [-0.1, -0.05) is 18.2 Å². The van der Waals surface area contributed by atoms with E-state index in [9.17, 15) is 4.79 Å². The lowest BCUT2D eigenvalue weighted by Gasteiger charge is -2.12. The van der Waals surface area contributed by atoms with Crippen LogP contribution < -0.4 is 15.4 Å². The topological polar surface area (TPSA) is 85.4 Å². The molecule has 1 aliphatic rings. The summed E-state index contributed by atoms with van der Waals surface area (Å²) in [7, 11) is 1.64. The van der Waals surface area contributed by atoms with Crippen LogP contribution in [0.25, 0.3) is 0 Å². The third kappa shape index (κ3) is 4.70. The summed E-state index contributed by atoms with van der Waals surface area (Å²) in [6.07, 6.45) is 2.13. The number of para-hydroxylation sites is 1. The molecule has 1 amide bonds. The number of benzene rings is 1. The van der Waals surface area contributed by atoms with Crippen LogP contribution in [0.1, 0.15) is 34.7 Å². The van der Waals surface area contributed by atoms with Crippen molar-refractivity contribution in [3.8, 4) is 5.75 Å². The number of carbonyl (C=O) groups is 1. The molecular formula is C19H24N4O3. The Kier molecular flexibility index (Phi) is 6.01. The first-order valence-electron chi connectivity index (χ1n) is 8.77. The van der Waals surface area contributed by atoms with Gasteiger partial charge in [0.15, 0.2) is 0 Å². The monoisotopic (exact) mass is 356 g/mol. The molecule has 1 fully saturated rings. The number of ether oxygens (including phenoxy) is 2. The molecule has 138 valence electrons. The van der Waals surface area contributed by atoms with Crippen molar-refractivity contribution in [2.75, 3.05) is 25.6 Å². The zero-order valence-electron chi connectivity index (χ0n) is 15.1. The Morgan fingerprint density at radius 2 is 2.19 bits per heavy atom. The SMILES string of the molecule is COc1ccccc1CNc1cc(C(=O)NCC2CCCO2)nc(C)n1. The van der Waals surface area contributed by atoms with Crippen molar-refractivity contribution in [3.05, 3.63) is 47.4 Å². The van der Waals surface area contributed by atoms with E-state index in [-0.39, 0.29) is 12.0 Å². The maximum atomic E-state index is 12.4. The van der Waals surface area contributed by atoms with Gasteiger partial charge in [-0.05, 0) is 25.8 Å². The molecule has 7 heteroatoms. The Bertz CT molecular complexity index is 760. The summed E-state index contributed by atoms with van der Waals surface area (Å²) >= 11 is 0. The third-order valence-electron chi connectivity index (χ3n) is 4.24. The molecule has 1 saturated heterocycles. The van der Waals surface area contributed by atoms with Gasteiger partial charge < -0.3 is 20.1 Å². The van der Waals surface area contributed by atoms with Gasteiger partial charge in [0.25, 0.3) is 5.91 Å². The number of amides is 1. The molecule has 1 aromatic heterocycles. The number of carbonyl (C=O) groups excluding carboxylic acids is 1. The second kappa shape index (κ2) is 8.62. The van der Waals surface area contributed by atoms with Crippen molar-refractivity contribution < 1.29 is 14.3 Å². The minimum atomic E-state index is -0.216. The van der Waals surface area contributed by atoms with Crippen LogP contribution >= 0.6 is 0 Å². The Labute approximate surface area is 153 Å². The Morgan fingerprint density at radius 1 is 1.35 bits per heavy atom. The zero-order valence-corrected chi connectivity index (χ0v) is 15.1. The first-order chi connectivity index (χ1) is 12.7. The second-order valence-corrected chi connectivity index (χ2v) is 6.20. The summed E-state index contributed by atoms with van der Waals surface area (Å²) in [5.41, 5.74) is 1.36. The van der Waals surface area contributed by atoms with Gasteiger partial charge in [0, 0.05) is 31.3 Å². The van der Waals surface area contributed by atoms with Gasteiger partial charge >= 0.3 is 0 Å². The predicted molar refractivity (Wildman–Crippen MR) is 98.4 cm³/mol. The molecule has 1 aromatic carbocycles. The van der Waals surface area contributed by atoms with Crippen LogP contribution in [-0.2, 0) is 11.3 Å². The van der Waals surface area contributed by atoms with Crippen molar-refractivity contribution in [1.29, 1.82) is 0 Å². The zero-order chi connectivity index (χ0) is 18.4. The van der Waals surface area contributed by atoms with Gasteiger partial charge in [0.2, 0.25) is 0 Å². The van der Waals surface area contributed by atoms with Crippen LogP contribution in [0.5, 0.6) is 5.75 Å². The van der Waals surface area contributed by atoms with Crippen molar-refractivity contribution in [2.24, 2.45) is 0 Å². The van der Waals surface area contributed by atoms with Crippen molar-refractivity contribution in [2.45, 2.75) is 32.4 Å². The van der Waals surface area contributed by atoms with Gasteiger partial charge in [0.05, 0.1) is 13.2 Å². The number of aryl methyl sites for hydroxylation is 1. The standard InChI is InChI=1S/C19H24N4O3/c1-13-22-16(19(24)21-12-15-7-5-9-26-15)10-18(23-13)20-11-14-6-3-4-8-17(14)25-2/h3-4,6,8,10,15H,5,7,9,11-12H2,1-2H3,(H,21,24)(H,20,22,23). The largest absolute Gasteiger partial charge is 0.496 e. The van der Waals surface area contributed by atoms with E-state index in [2.05, 4.69) is 20.6 Å². The van der Waals surface area contributed by atoms with Crippen LogP contribution in [0.4, 0.5) is 5.82 Å². The molecule has 0 spiro atoms. The van der Waals surface area contributed by atoms with Crippen LogP contribution in [0.2, 0.25) is 0 Å². The number of hydrogen-bond acceptors (Lipinski definition) is 6. The maximum absolute atomic E-state index is 12.4. The van der Waals surface area contributed by atoms with Gasteiger partial charge in [0.1, 0.15) is 23.1 Å². The Morgan fingerprint density at radius 3 is 2.96 bits per heavy atom. The number of anilines is 1. The molecular weight excluding hydrogens is 332 g/mol. The van der Waals surface area contributed by atoms with E-state index in [1.54, 1.807) is 20.1 Å². The van der Waals surface area contributed by atoms with E-state index < -0.39 is 0 Å². The highest BCUT2D eigenvalue weighted by atomic mass is 16.5. The van der Waals surface area contributed by atoms with E-state index in [0.717, 1.165) is 30.8 Å². The number of nitrogens with one attached hydrogen (secondary N) is 2. The molecule has 3 rings (SSSR count). The average molecular weight is 356 g/mol. The summed E-state index contributed by atoms with van der Waals surface area (Å²) in [5, 5.41) is 6.12. The first-order valence-corrected chi connectivity index (χ1v) is 8.77. The molecule has 1 aliphatic heterocycles. The van der Waals surface area contributed by atoms with E-state index >= 15 is 0 Å². The van der Waals surface area contributed by atoms with E-state index in [1.807, 2.05) is 24.3 Å². The average Bonchev–Trinajstić information content (AvgIpc) is 3.18.